The van der Waals surface area contributed by atoms with E-state index in [1.54, 1.807) is 6.07 Å². The normalized spacial score (nSPS) is 10.0. The number of methoxy groups -OCH3 is 1. The summed E-state index contributed by atoms with van der Waals surface area (Å²) in [5, 5.41) is 23.8. The minimum atomic E-state index is -1.29. The molecule has 2 rings (SSSR count). The number of carboxylic acid groups (broad SMARTS) is 1. The summed E-state index contributed by atoms with van der Waals surface area (Å²) >= 11 is 11.0. The molecule has 9 heteroatoms. The molecule has 25 heavy (non-hydrogen) atoms. The number of anilines is 1. The zero-order valence-electron chi connectivity index (χ0n) is 12.9. The first-order chi connectivity index (χ1) is 11.8. The fraction of sp³-hybridized carbons (Fsp3) is 0.0625. The highest BCUT2D eigenvalue weighted by atomic mass is 35.5. The van der Waals surface area contributed by atoms with Crippen molar-refractivity contribution in [3.8, 4) is 11.5 Å². The second kappa shape index (κ2) is 7.82. The lowest BCUT2D eigenvalue weighted by Gasteiger charge is -2.11. The molecule has 0 aliphatic rings. The van der Waals surface area contributed by atoms with E-state index in [4.69, 9.17) is 33.7 Å². The first-order valence-electron chi connectivity index (χ1n) is 6.84. The Kier molecular flexibility index (Phi) is 5.79. The summed E-state index contributed by atoms with van der Waals surface area (Å²) in [6.07, 6.45) is 0. The monoisotopic (exact) mass is 380 g/mol. The van der Waals surface area contributed by atoms with Crippen LogP contribution in [0, 0.1) is 0 Å². The number of hydrogen-bond acceptors (Lipinski definition) is 5. The number of phenols is 1. The molecule has 130 valence electrons. The van der Waals surface area contributed by atoms with Gasteiger partial charge in [0.2, 0.25) is 0 Å². The van der Waals surface area contributed by atoms with Crippen LogP contribution in [0.15, 0.2) is 36.4 Å². The molecule has 2 aromatic rings. The molecule has 0 spiro atoms. The number of benzene rings is 2. The maximum absolute atomic E-state index is 12.2. The van der Waals surface area contributed by atoms with Gasteiger partial charge in [0.05, 0.1) is 12.1 Å². The van der Waals surface area contributed by atoms with E-state index in [0.29, 0.717) is 11.4 Å². The Morgan fingerprint density at radius 1 is 1.20 bits per heavy atom. The zero-order chi connectivity index (χ0) is 18.6. The number of carboxylic acids is 1. The van der Waals surface area contributed by atoms with E-state index in [2.05, 4.69) is 10.6 Å². The topological polar surface area (TPSA) is 108 Å². The molecule has 0 radical (unpaired) electrons. The number of thiocarbonyl (C=S) groups is 1. The van der Waals surface area contributed by atoms with E-state index in [9.17, 15) is 14.7 Å². The molecule has 7 nitrogen and oxygen atoms in total. The van der Waals surface area contributed by atoms with Gasteiger partial charge in [-0.05, 0) is 48.6 Å². The van der Waals surface area contributed by atoms with Gasteiger partial charge in [0, 0.05) is 11.3 Å². The smallest absolute Gasteiger partial charge is 0.339 e. The molecular weight excluding hydrogens is 368 g/mol. The van der Waals surface area contributed by atoms with Gasteiger partial charge < -0.3 is 20.3 Å². The quantitative estimate of drug-likeness (QED) is 0.477. The summed E-state index contributed by atoms with van der Waals surface area (Å²) in [5.74, 6) is -1.73. The number of rotatable bonds is 4. The number of hydrogen-bond donors (Lipinski definition) is 4. The summed E-state index contributed by atoms with van der Waals surface area (Å²) in [5.41, 5.74) is 0.279. The fourth-order valence-corrected chi connectivity index (χ4v) is 2.40. The molecule has 1 amide bonds. The summed E-state index contributed by atoms with van der Waals surface area (Å²) in [6.45, 7) is 0. The molecule has 0 bridgehead atoms. The number of carbonyl (C=O) groups excluding carboxylic acids is 1. The third-order valence-electron chi connectivity index (χ3n) is 3.13. The third-order valence-corrected chi connectivity index (χ3v) is 3.63. The number of amides is 1. The standard InChI is InChI=1S/C16H13ClN2O5S/c1-24-13-5-2-8(6-11(13)17)14(21)19-16(25)18-9-3-4-12(20)10(7-9)15(22)23/h2-7,20H,1H3,(H,22,23)(H2,18,19,21,25). The Hall–Kier alpha value is -2.84. The van der Waals surface area contributed by atoms with Gasteiger partial charge in [0.25, 0.3) is 5.91 Å². The Labute approximate surface area is 153 Å². The molecule has 0 unspecified atom stereocenters. The van der Waals surface area contributed by atoms with Crippen LogP contribution in [-0.2, 0) is 0 Å². The van der Waals surface area contributed by atoms with Crippen molar-refractivity contribution in [2.45, 2.75) is 0 Å². The number of halogens is 1. The van der Waals surface area contributed by atoms with Crippen molar-refractivity contribution in [2.24, 2.45) is 0 Å². The van der Waals surface area contributed by atoms with Crippen LogP contribution in [0.4, 0.5) is 5.69 Å². The lowest BCUT2D eigenvalue weighted by molar-refractivity contribution is 0.0693. The van der Waals surface area contributed by atoms with Crippen LogP contribution >= 0.6 is 23.8 Å². The number of aromatic carboxylic acids is 1. The zero-order valence-corrected chi connectivity index (χ0v) is 14.4. The first-order valence-corrected chi connectivity index (χ1v) is 7.62. The molecule has 0 aliphatic carbocycles. The Bertz CT molecular complexity index is 856. The van der Waals surface area contributed by atoms with Gasteiger partial charge in [-0.3, -0.25) is 10.1 Å². The molecular formula is C16H13ClN2O5S. The van der Waals surface area contributed by atoms with Gasteiger partial charge in [0.1, 0.15) is 17.1 Å². The highest BCUT2D eigenvalue weighted by Gasteiger charge is 2.13. The van der Waals surface area contributed by atoms with Gasteiger partial charge in [-0.15, -0.1) is 0 Å². The van der Waals surface area contributed by atoms with Crippen LogP contribution in [0.3, 0.4) is 0 Å². The first kappa shape index (κ1) is 18.5. The summed E-state index contributed by atoms with van der Waals surface area (Å²) < 4.78 is 5.01. The van der Waals surface area contributed by atoms with Crippen molar-refractivity contribution in [1.29, 1.82) is 0 Å². The van der Waals surface area contributed by atoms with Crippen molar-refractivity contribution in [3.05, 3.63) is 52.5 Å². The Morgan fingerprint density at radius 3 is 2.52 bits per heavy atom. The van der Waals surface area contributed by atoms with E-state index in [1.165, 1.54) is 37.4 Å². The van der Waals surface area contributed by atoms with Crippen LogP contribution in [0.1, 0.15) is 20.7 Å². The minimum Gasteiger partial charge on any atom is -0.507 e. The number of aromatic hydroxyl groups is 1. The van der Waals surface area contributed by atoms with Crippen LogP contribution in [0.5, 0.6) is 11.5 Å². The van der Waals surface area contributed by atoms with E-state index in [-0.39, 0.29) is 27.0 Å². The van der Waals surface area contributed by atoms with E-state index < -0.39 is 11.9 Å². The van der Waals surface area contributed by atoms with Crippen molar-refractivity contribution in [1.82, 2.24) is 5.32 Å². The third kappa shape index (κ3) is 4.59. The van der Waals surface area contributed by atoms with Crippen LogP contribution < -0.4 is 15.4 Å². The second-order valence-electron chi connectivity index (χ2n) is 4.79. The Morgan fingerprint density at radius 2 is 1.92 bits per heavy atom. The number of carbonyl (C=O) groups is 2. The molecule has 2 aromatic carbocycles. The minimum absolute atomic E-state index is 0.0426. The van der Waals surface area contributed by atoms with E-state index in [1.807, 2.05) is 0 Å². The second-order valence-corrected chi connectivity index (χ2v) is 5.61. The number of nitrogens with one attached hydrogen (secondary N) is 2. The molecule has 4 N–H and O–H groups in total. The maximum Gasteiger partial charge on any atom is 0.339 e. The van der Waals surface area contributed by atoms with Crippen LogP contribution in [0.2, 0.25) is 5.02 Å². The predicted octanol–water partition coefficient (Wildman–Crippen LogP) is 2.88. The van der Waals surface area contributed by atoms with Crippen molar-refractivity contribution >= 4 is 46.5 Å². The van der Waals surface area contributed by atoms with Gasteiger partial charge in [-0.25, -0.2) is 4.79 Å². The molecule has 0 aromatic heterocycles. The molecule has 0 fully saturated rings. The predicted molar refractivity (Wildman–Crippen MR) is 96.8 cm³/mol. The van der Waals surface area contributed by atoms with Crippen molar-refractivity contribution in [3.63, 3.8) is 0 Å². The van der Waals surface area contributed by atoms with Gasteiger partial charge in [-0.2, -0.15) is 0 Å². The lowest BCUT2D eigenvalue weighted by atomic mass is 10.2. The SMILES string of the molecule is COc1ccc(C(=O)NC(=S)Nc2ccc(O)c(C(=O)O)c2)cc1Cl. The fourth-order valence-electron chi connectivity index (χ4n) is 1.93. The van der Waals surface area contributed by atoms with Gasteiger partial charge in [-0.1, -0.05) is 11.6 Å². The highest BCUT2D eigenvalue weighted by molar-refractivity contribution is 7.80. The average Bonchev–Trinajstić information content (AvgIpc) is 2.56. The van der Waals surface area contributed by atoms with Crippen LogP contribution in [0.25, 0.3) is 0 Å². The average molecular weight is 381 g/mol. The molecule has 0 saturated carbocycles. The van der Waals surface area contributed by atoms with Crippen LogP contribution in [-0.4, -0.2) is 34.3 Å². The molecule has 0 saturated heterocycles. The maximum atomic E-state index is 12.2. The summed E-state index contributed by atoms with van der Waals surface area (Å²) in [4.78, 5) is 23.1. The highest BCUT2D eigenvalue weighted by Crippen LogP contribution is 2.25. The van der Waals surface area contributed by atoms with E-state index >= 15 is 0 Å². The van der Waals surface area contributed by atoms with Gasteiger partial charge in [0.15, 0.2) is 5.11 Å². The van der Waals surface area contributed by atoms with E-state index in [0.717, 1.165) is 0 Å². The largest absolute Gasteiger partial charge is 0.507 e. The lowest BCUT2D eigenvalue weighted by Crippen LogP contribution is -2.34. The Balaban J connectivity index is 2.07. The molecule has 0 heterocycles. The van der Waals surface area contributed by atoms with Gasteiger partial charge >= 0.3 is 5.97 Å². The summed E-state index contributed by atoms with van der Waals surface area (Å²) in [7, 11) is 1.46. The molecule has 0 aliphatic heterocycles. The number of ether oxygens (including phenoxy) is 1. The molecule has 0 atom stereocenters. The van der Waals surface area contributed by atoms with Crippen molar-refractivity contribution in [2.75, 3.05) is 12.4 Å². The van der Waals surface area contributed by atoms with Crippen molar-refractivity contribution < 1.29 is 24.5 Å². The summed E-state index contributed by atoms with van der Waals surface area (Å²) in [6, 6.07) is 8.32.